The van der Waals surface area contributed by atoms with Crippen LogP contribution in [0.4, 0.5) is 0 Å². The van der Waals surface area contributed by atoms with E-state index >= 15 is 0 Å². The van der Waals surface area contributed by atoms with Crippen molar-refractivity contribution in [2.45, 2.75) is 25.4 Å². The summed E-state index contributed by atoms with van der Waals surface area (Å²) in [5.41, 5.74) is 6.80. The Balaban J connectivity index is 0.00000338. The van der Waals surface area contributed by atoms with Crippen LogP contribution < -0.4 is 15.8 Å². The first kappa shape index (κ1) is 22.2. The summed E-state index contributed by atoms with van der Waals surface area (Å²) in [6.45, 7) is 1.80. The van der Waals surface area contributed by atoms with E-state index in [2.05, 4.69) is 5.32 Å². The van der Waals surface area contributed by atoms with E-state index in [1.165, 1.54) is 7.11 Å². The zero-order chi connectivity index (χ0) is 18.2. The number of halogens is 1. The van der Waals surface area contributed by atoms with Crippen LogP contribution in [0.2, 0.25) is 0 Å². The number of hydrogen-bond acceptors (Lipinski definition) is 5. The van der Waals surface area contributed by atoms with Crippen molar-refractivity contribution >= 4 is 24.2 Å². The van der Waals surface area contributed by atoms with Gasteiger partial charge in [0, 0.05) is 32.7 Å². The van der Waals surface area contributed by atoms with Gasteiger partial charge in [-0.3, -0.25) is 9.59 Å². The Morgan fingerprint density at radius 3 is 2.38 bits per heavy atom. The summed E-state index contributed by atoms with van der Waals surface area (Å²) in [6.07, 6.45) is 1.31. The molecule has 1 aliphatic heterocycles. The number of carbonyl (C=O) groups excluding carboxylic acids is 2. The normalized spacial score (nSPS) is 15.7. The van der Waals surface area contributed by atoms with Gasteiger partial charge in [0.2, 0.25) is 11.8 Å². The molecule has 1 heterocycles. The van der Waals surface area contributed by atoms with Gasteiger partial charge in [-0.25, -0.2) is 0 Å². The van der Waals surface area contributed by atoms with Gasteiger partial charge >= 0.3 is 0 Å². The highest BCUT2D eigenvalue weighted by atomic mass is 35.5. The van der Waals surface area contributed by atoms with Crippen LogP contribution in [-0.4, -0.2) is 56.7 Å². The standard InChI is InChI=1S/C18H27N3O4.ClH/c1-24-12-16(19)18(23)21-9-7-14(8-10-21)17(22)20-11-13-3-5-15(25-2)6-4-13;/h3-6,14,16H,7-12,19H2,1-2H3,(H,20,22);1H. The zero-order valence-electron chi connectivity index (χ0n) is 15.3. The average molecular weight is 386 g/mol. The molecule has 1 aromatic carbocycles. The number of nitrogens with zero attached hydrogens (tertiary/aromatic N) is 1. The molecule has 0 spiro atoms. The number of likely N-dealkylation sites (tertiary alicyclic amines) is 1. The summed E-state index contributed by atoms with van der Waals surface area (Å²) in [7, 11) is 3.14. The molecular weight excluding hydrogens is 358 g/mol. The number of carbonyl (C=O) groups is 2. The number of amides is 2. The van der Waals surface area contributed by atoms with E-state index in [1.807, 2.05) is 24.3 Å². The summed E-state index contributed by atoms with van der Waals surface area (Å²) >= 11 is 0. The topological polar surface area (TPSA) is 93.9 Å². The van der Waals surface area contributed by atoms with Gasteiger partial charge in [-0.05, 0) is 30.5 Å². The summed E-state index contributed by atoms with van der Waals surface area (Å²) in [5, 5.41) is 2.97. The first-order chi connectivity index (χ1) is 12.0. The lowest BCUT2D eigenvalue weighted by Crippen LogP contribution is -2.50. The third kappa shape index (κ3) is 6.16. The number of benzene rings is 1. The van der Waals surface area contributed by atoms with Gasteiger partial charge < -0.3 is 25.4 Å². The van der Waals surface area contributed by atoms with Crippen molar-refractivity contribution in [1.82, 2.24) is 10.2 Å². The third-order valence-electron chi connectivity index (χ3n) is 4.47. The summed E-state index contributed by atoms with van der Waals surface area (Å²) < 4.78 is 10.0. The molecule has 1 aromatic rings. The maximum atomic E-state index is 12.3. The van der Waals surface area contributed by atoms with E-state index in [-0.39, 0.29) is 36.7 Å². The third-order valence-corrected chi connectivity index (χ3v) is 4.47. The van der Waals surface area contributed by atoms with E-state index in [1.54, 1.807) is 12.0 Å². The fourth-order valence-corrected chi connectivity index (χ4v) is 2.92. The molecule has 2 rings (SSSR count). The molecule has 8 heteroatoms. The Labute approximate surface area is 160 Å². The molecule has 0 bridgehead atoms. The number of ether oxygens (including phenoxy) is 2. The minimum Gasteiger partial charge on any atom is -0.497 e. The number of methoxy groups -OCH3 is 2. The van der Waals surface area contributed by atoms with Gasteiger partial charge in [-0.1, -0.05) is 12.1 Å². The lowest BCUT2D eigenvalue weighted by Gasteiger charge is -2.32. The highest BCUT2D eigenvalue weighted by Gasteiger charge is 2.29. The fourth-order valence-electron chi connectivity index (χ4n) is 2.92. The SMILES string of the molecule is COCC(N)C(=O)N1CCC(C(=O)NCc2ccc(OC)cc2)CC1.Cl. The highest BCUT2D eigenvalue weighted by Crippen LogP contribution is 2.18. The minimum absolute atomic E-state index is 0. The van der Waals surface area contributed by atoms with E-state index in [0.717, 1.165) is 11.3 Å². The van der Waals surface area contributed by atoms with E-state index in [4.69, 9.17) is 15.2 Å². The molecule has 1 aliphatic rings. The monoisotopic (exact) mass is 385 g/mol. The molecule has 146 valence electrons. The Morgan fingerprint density at radius 1 is 1.23 bits per heavy atom. The number of rotatable bonds is 7. The van der Waals surface area contributed by atoms with E-state index < -0.39 is 6.04 Å². The molecule has 1 saturated heterocycles. The van der Waals surface area contributed by atoms with E-state index in [9.17, 15) is 9.59 Å². The molecule has 1 atom stereocenters. The molecule has 2 amide bonds. The predicted octanol–water partition coefficient (Wildman–Crippen LogP) is 0.946. The smallest absolute Gasteiger partial charge is 0.241 e. The molecule has 1 fully saturated rings. The Bertz CT molecular complexity index is 574. The molecule has 0 saturated carbocycles. The fraction of sp³-hybridized carbons (Fsp3) is 0.556. The summed E-state index contributed by atoms with van der Waals surface area (Å²) in [6, 6.07) is 6.96. The van der Waals surface area contributed by atoms with Gasteiger partial charge in [0.25, 0.3) is 0 Å². The second kappa shape index (κ2) is 11.0. The molecule has 0 aliphatic carbocycles. The maximum absolute atomic E-state index is 12.3. The molecular formula is C18H28ClN3O4. The average Bonchev–Trinajstić information content (AvgIpc) is 2.66. The highest BCUT2D eigenvalue weighted by molar-refractivity contribution is 5.85. The van der Waals surface area contributed by atoms with E-state index in [0.29, 0.717) is 32.5 Å². The van der Waals surface area contributed by atoms with Crippen LogP contribution >= 0.6 is 12.4 Å². The Hall–Kier alpha value is -1.83. The Morgan fingerprint density at radius 2 is 1.85 bits per heavy atom. The first-order valence-corrected chi connectivity index (χ1v) is 8.49. The van der Waals surface area contributed by atoms with Crippen LogP contribution in [0.5, 0.6) is 5.75 Å². The van der Waals surface area contributed by atoms with Gasteiger partial charge in [-0.2, -0.15) is 0 Å². The van der Waals surface area contributed by atoms with Crippen molar-refractivity contribution in [2.24, 2.45) is 11.7 Å². The molecule has 3 N–H and O–H groups in total. The second-order valence-corrected chi connectivity index (χ2v) is 6.23. The Kier molecular flexibility index (Phi) is 9.40. The van der Waals surface area contributed by atoms with Gasteiger partial charge in [-0.15, -0.1) is 12.4 Å². The first-order valence-electron chi connectivity index (χ1n) is 8.49. The van der Waals surface area contributed by atoms with Crippen LogP contribution in [0, 0.1) is 5.92 Å². The van der Waals surface area contributed by atoms with Crippen molar-refractivity contribution in [3.05, 3.63) is 29.8 Å². The van der Waals surface area contributed by atoms with Crippen LogP contribution in [0.3, 0.4) is 0 Å². The van der Waals surface area contributed by atoms with Crippen molar-refractivity contribution in [3.8, 4) is 5.75 Å². The number of nitrogens with two attached hydrogens (primary N) is 1. The van der Waals surface area contributed by atoms with Crippen molar-refractivity contribution in [2.75, 3.05) is 33.9 Å². The zero-order valence-corrected chi connectivity index (χ0v) is 16.1. The molecule has 1 unspecified atom stereocenters. The lowest BCUT2D eigenvalue weighted by atomic mass is 9.95. The van der Waals surface area contributed by atoms with Gasteiger partial charge in [0.05, 0.1) is 13.7 Å². The van der Waals surface area contributed by atoms with Gasteiger partial charge in [0.15, 0.2) is 0 Å². The number of nitrogens with one attached hydrogen (secondary N) is 1. The minimum atomic E-state index is -0.634. The maximum Gasteiger partial charge on any atom is 0.241 e. The van der Waals surface area contributed by atoms with Crippen molar-refractivity contribution in [1.29, 1.82) is 0 Å². The van der Waals surface area contributed by atoms with Gasteiger partial charge in [0.1, 0.15) is 11.8 Å². The molecule has 0 aromatic heterocycles. The summed E-state index contributed by atoms with van der Waals surface area (Å²) in [4.78, 5) is 26.2. The lowest BCUT2D eigenvalue weighted by molar-refractivity contribution is -0.137. The summed E-state index contributed by atoms with van der Waals surface area (Å²) in [5.74, 6) is 0.641. The predicted molar refractivity (Wildman–Crippen MR) is 101 cm³/mol. The van der Waals surface area contributed by atoms with Crippen LogP contribution in [0.1, 0.15) is 18.4 Å². The second-order valence-electron chi connectivity index (χ2n) is 6.23. The quantitative estimate of drug-likeness (QED) is 0.728. The number of piperidine rings is 1. The van der Waals surface area contributed by atoms with Crippen molar-refractivity contribution in [3.63, 3.8) is 0 Å². The number of hydrogen-bond donors (Lipinski definition) is 2. The molecule has 0 radical (unpaired) electrons. The molecule has 7 nitrogen and oxygen atoms in total. The van der Waals surface area contributed by atoms with Crippen molar-refractivity contribution < 1.29 is 19.1 Å². The van der Waals surface area contributed by atoms with Crippen LogP contribution in [0.25, 0.3) is 0 Å². The largest absolute Gasteiger partial charge is 0.497 e. The molecule has 26 heavy (non-hydrogen) atoms. The van der Waals surface area contributed by atoms with Crippen LogP contribution in [0.15, 0.2) is 24.3 Å². The van der Waals surface area contributed by atoms with Crippen LogP contribution in [-0.2, 0) is 20.9 Å².